The van der Waals surface area contributed by atoms with Crippen molar-refractivity contribution in [2.75, 3.05) is 13.2 Å². The Balaban J connectivity index is 2.15. The van der Waals surface area contributed by atoms with Gasteiger partial charge in [0.1, 0.15) is 11.5 Å². The molecule has 0 radical (unpaired) electrons. The first-order valence-corrected chi connectivity index (χ1v) is 7.73. The molecule has 2 rings (SSSR count). The highest BCUT2D eigenvalue weighted by Gasteiger charge is 2.09. The lowest BCUT2D eigenvalue weighted by molar-refractivity contribution is 0.295. The van der Waals surface area contributed by atoms with E-state index in [4.69, 9.17) is 9.47 Å². The maximum absolute atomic E-state index is 5.92. The predicted octanol–water partition coefficient (Wildman–Crippen LogP) is 4.43. The van der Waals surface area contributed by atoms with Crippen molar-refractivity contribution in [3.05, 3.63) is 30.7 Å². The summed E-state index contributed by atoms with van der Waals surface area (Å²) >= 11 is 0. The largest absolute Gasteiger partial charge is 0.493 e. The highest BCUT2D eigenvalue weighted by Crippen LogP contribution is 2.32. The van der Waals surface area contributed by atoms with Gasteiger partial charge in [0, 0.05) is 11.6 Å². The van der Waals surface area contributed by atoms with Crippen molar-refractivity contribution in [3.63, 3.8) is 0 Å². The second-order valence-electron chi connectivity index (χ2n) is 5.03. The van der Waals surface area contributed by atoms with E-state index in [1.165, 1.54) is 0 Å². The van der Waals surface area contributed by atoms with Crippen LogP contribution in [0.1, 0.15) is 39.5 Å². The summed E-state index contributed by atoms with van der Waals surface area (Å²) in [5.74, 6) is 1.71. The van der Waals surface area contributed by atoms with E-state index in [1.807, 2.05) is 18.2 Å². The third kappa shape index (κ3) is 4.52. The molecule has 0 aliphatic rings. The molecule has 0 fully saturated rings. The molecule has 0 aliphatic carbocycles. The average molecular weight is 288 g/mol. The fraction of sp³-hybridized carbons (Fsp3) is 0.471. The van der Waals surface area contributed by atoms with E-state index in [9.17, 15) is 0 Å². The fourth-order valence-electron chi connectivity index (χ4n) is 2.00. The van der Waals surface area contributed by atoms with Gasteiger partial charge in [-0.3, -0.25) is 0 Å². The first-order chi connectivity index (χ1) is 10.3. The molecule has 0 saturated heterocycles. The van der Waals surface area contributed by atoms with Crippen molar-refractivity contribution in [2.45, 2.75) is 39.5 Å². The minimum Gasteiger partial charge on any atom is -0.493 e. The molecule has 114 valence electrons. The van der Waals surface area contributed by atoms with Gasteiger partial charge in [-0.25, -0.2) is 4.98 Å². The van der Waals surface area contributed by atoms with Gasteiger partial charge in [-0.2, -0.15) is 0 Å². The van der Waals surface area contributed by atoms with Crippen LogP contribution in [-0.2, 0) is 0 Å². The number of H-pyrrole nitrogens is 1. The highest BCUT2D eigenvalue weighted by molar-refractivity contribution is 5.67. The number of hydrogen-bond acceptors (Lipinski definition) is 3. The number of imidazole rings is 1. The number of nitrogens with zero attached hydrogens (tertiary/aromatic N) is 1. The number of aromatic amines is 1. The topological polar surface area (TPSA) is 47.1 Å². The van der Waals surface area contributed by atoms with E-state index >= 15 is 0 Å². The van der Waals surface area contributed by atoms with Crippen LogP contribution in [0.5, 0.6) is 11.5 Å². The van der Waals surface area contributed by atoms with Crippen LogP contribution in [0.15, 0.2) is 30.7 Å². The van der Waals surface area contributed by atoms with Crippen LogP contribution in [0.3, 0.4) is 0 Å². The molecule has 0 aliphatic heterocycles. The zero-order chi connectivity index (χ0) is 14.9. The van der Waals surface area contributed by atoms with E-state index < -0.39 is 0 Å². The van der Waals surface area contributed by atoms with Crippen LogP contribution in [-0.4, -0.2) is 23.2 Å². The normalized spacial score (nSPS) is 10.6. The SMILES string of the molecule is CCCCOc1ccc(-c2cnc[nH]2)c(OCCCC)c1. The van der Waals surface area contributed by atoms with Gasteiger partial charge >= 0.3 is 0 Å². The van der Waals surface area contributed by atoms with Gasteiger partial charge in [0.25, 0.3) is 0 Å². The van der Waals surface area contributed by atoms with Crippen LogP contribution in [0.4, 0.5) is 0 Å². The number of ether oxygens (including phenoxy) is 2. The lowest BCUT2D eigenvalue weighted by Crippen LogP contribution is -2.01. The summed E-state index contributed by atoms with van der Waals surface area (Å²) < 4.78 is 11.7. The maximum Gasteiger partial charge on any atom is 0.132 e. The first-order valence-electron chi connectivity index (χ1n) is 7.73. The molecule has 0 spiro atoms. The smallest absolute Gasteiger partial charge is 0.132 e. The van der Waals surface area contributed by atoms with Crippen molar-refractivity contribution in [2.24, 2.45) is 0 Å². The van der Waals surface area contributed by atoms with Crippen LogP contribution >= 0.6 is 0 Å². The number of unbranched alkanes of at least 4 members (excludes halogenated alkanes) is 2. The maximum atomic E-state index is 5.92. The Kier molecular flexibility index (Phi) is 6.13. The Morgan fingerprint density at radius 3 is 2.48 bits per heavy atom. The van der Waals surface area contributed by atoms with Crippen LogP contribution in [0.2, 0.25) is 0 Å². The molecule has 1 heterocycles. The van der Waals surface area contributed by atoms with E-state index in [2.05, 4.69) is 23.8 Å². The molecule has 1 aromatic heterocycles. The molecule has 0 amide bonds. The zero-order valence-corrected chi connectivity index (χ0v) is 12.9. The van der Waals surface area contributed by atoms with Gasteiger partial charge < -0.3 is 14.5 Å². The van der Waals surface area contributed by atoms with E-state index in [0.717, 1.165) is 61.7 Å². The van der Waals surface area contributed by atoms with Crippen molar-refractivity contribution in [1.29, 1.82) is 0 Å². The van der Waals surface area contributed by atoms with Crippen molar-refractivity contribution < 1.29 is 9.47 Å². The van der Waals surface area contributed by atoms with Gasteiger partial charge in [0.2, 0.25) is 0 Å². The Bertz CT molecular complexity index is 524. The molecule has 1 N–H and O–H groups in total. The van der Waals surface area contributed by atoms with Crippen LogP contribution in [0.25, 0.3) is 11.3 Å². The van der Waals surface area contributed by atoms with Crippen LogP contribution < -0.4 is 9.47 Å². The first kappa shape index (κ1) is 15.4. The molecule has 2 aromatic rings. The molecule has 0 unspecified atom stereocenters. The molecule has 4 nitrogen and oxygen atoms in total. The third-order valence-electron chi connectivity index (χ3n) is 3.26. The molecule has 4 heteroatoms. The monoisotopic (exact) mass is 288 g/mol. The molecule has 21 heavy (non-hydrogen) atoms. The van der Waals surface area contributed by atoms with Gasteiger partial charge in [-0.1, -0.05) is 26.7 Å². The molecule has 0 bridgehead atoms. The molecular formula is C17H24N2O2. The molecule has 0 atom stereocenters. The van der Waals surface area contributed by atoms with Crippen LogP contribution in [0, 0.1) is 0 Å². The standard InChI is InChI=1S/C17H24N2O2/c1-3-5-9-20-14-7-8-15(16-12-18-13-19-16)17(11-14)21-10-6-4-2/h7-8,11-13H,3-6,9-10H2,1-2H3,(H,18,19). The van der Waals surface area contributed by atoms with Gasteiger partial charge in [-0.05, 0) is 25.0 Å². The van der Waals surface area contributed by atoms with Crippen molar-refractivity contribution >= 4 is 0 Å². The minimum absolute atomic E-state index is 0.718. The number of rotatable bonds is 9. The lowest BCUT2D eigenvalue weighted by atomic mass is 10.1. The molecular weight excluding hydrogens is 264 g/mol. The predicted molar refractivity (Wildman–Crippen MR) is 84.8 cm³/mol. The summed E-state index contributed by atoms with van der Waals surface area (Å²) in [7, 11) is 0. The Hall–Kier alpha value is -1.97. The van der Waals surface area contributed by atoms with Gasteiger partial charge in [0.15, 0.2) is 0 Å². The number of benzene rings is 1. The summed E-state index contributed by atoms with van der Waals surface area (Å²) in [6, 6.07) is 5.98. The Morgan fingerprint density at radius 2 is 1.81 bits per heavy atom. The van der Waals surface area contributed by atoms with E-state index in [0.29, 0.717) is 0 Å². The number of nitrogens with one attached hydrogen (secondary N) is 1. The van der Waals surface area contributed by atoms with Gasteiger partial charge in [0.05, 0.1) is 31.4 Å². The Morgan fingerprint density at radius 1 is 1.05 bits per heavy atom. The Labute approximate surface area is 126 Å². The third-order valence-corrected chi connectivity index (χ3v) is 3.26. The summed E-state index contributed by atoms with van der Waals surface area (Å²) in [6.07, 6.45) is 7.84. The number of hydrogen-bond donors (Lipinski definition) is 1. The van der Waals surface area contributed by atoms with Gasteiger partial charge in [-0.15, -0.1) is 0 Å². The molecule has 1 aromatic carbocycles. The second-order valence-corrected chi connectivity index (χ2v) is 5.03. The summed E-state index contributed by atoms with van der Waals surface area (Å²) in [5, 5.41) is 0. The summed E-state index contributed by atoms with van der Waals surface area (Å²) in [6.45, 7) is 5.78. The zero-order valence-electron chi connectivity index (χ0n) is 12.9. The van der Waals surface area contributed by atoms with Crippen molar-refractivity contribution in [1.82, 2.24) is 9.97 Å². The quantitative estimate of drug-likeness (QED) is 0.694. The number of aromatic nitrogens is 2. The second kappa shape index (κ2) is 8.35. The minimum atomic E-state index is 0.718. The fourth-order valence-corrected chi connectivity index (χ4v) is 2.00. The van der Waals surface area contributed by atoms with E-state index in [-0.39, 0.29) is 0 Å². The lowest BCUT2D eigenvalue weighted by Gasteiger charge is -2.13. The highest BCUT2D eigenvalue weighted by atomic mass is 16.5. The molecule has 0 saturated carbocycles. The summed E-state index contributed by atoms with van der Waals surface area (Å²) in [5.41, 5.74) is 1.98. The van der Waals surface area contributed by atoms with Crippen molar-refractivity contribution in [3.8, 4) is 22.8 Å². The summed E-state index contributed by atoms with van der Waals surface area (Å²) in [4.78, 5) is 7.20. The average Bonchev–Trinajstić information content (AvgIpc) is 3.02. The van der Waals surface area contributed by atoms with E-state index in [1.54, 1.807) is 12.5 Å².